The smallest absolute Gasteiger partial charge is 0.168 e. The summed E-state index contributed by atoms with van der Waals surface area (Å²) in [5.41, 5.74) is 2.32. The molecule has 0 aliphatic heterocycles. The molecule has 0 radical (unpaired) electrons. The van der Waals surface area contributed by atoms with Crippen molar-refractivity contribution in [1.29, 1.82) is 0 Å². The van der Waals surface area contributed by atoms with E-state index >= 15 is 0 Å². The van der Waals surface area contributed by atoms with Gasteiger partial charge in [-0.15, -0.1) is 11.8 Å². The first-order valence-electron chi connectivity index (χ1n) is 7.17. The predicted molar refractivity (Wildman–Crippen MR) is 82.7 cm³/mol. The van der Waals surface area contributed by atoms with Crippen molar-refractivity contribution in [3.63, 3.8) is 0 Å². The number of thioether (sulfide) groups is 1. The average Bonchev–Trinajstić information content (AvgIpc) is 2.36. The van der Waals surface area contributed by atoms with Crippen LogP contribution in [-0.2, 0) is 4.79 Å². The summed E-state index contributed by atoms with van der Waals surface area (Å²) in [7, 11) is 0. The van der Waals surface area contributed by atoms with Crippen molar-refractivity contribution in [3.05, 3.63) is 41.5 Å². The van der Waals surface area contributed by atoms with Crippen LogP contribution in [0.25, 0.3) is 0 Å². The molecule has 0 N–H and O–H groups in total. The zero-order valence-electron chi connectivity index (χ0n) is 11.7. The van der Waals surface area contributed by atoms with Gasteiger partial charge in [0.15, 0.2) is 5.78 Å². The van der Waals surface area contributed by atoms with Gasteiger partial charge in [0.05, 0.1) is 5.75 Å². The Bertz CT molecular complexity index is 462. The third-order valence-corrected chi connectivity index (χ3v) is 4.50. The van der Waals surface area contributed by atoms with E-state index < -0.39 is 0 Å². The second kappa shape index (κ2) is 7.54. The summed E-state index contributed by atoms with van der Waals surface area (Å²) in [4.78, 5) is 13.4. The van der Waals surface area contributed by atoms with Crippen molar-refractivity contribution in [2.75, 3.05) is 5.75 Å². The Hall–Kier alpha value is -1.02. The van der Waals surface area contributed by atoms with Crippen molar-refractivity contribution in [2.24, 2.45) is 0 Å². The molecule has 0 spiro atoms. The van der Waals surface area contributed by atoms with Gasteiger partial charge in [0.2, 0.25) is 0 Å². The highest BCUT2D eigenvalue weighted by atomic mass is 32.2. The van der Waals surface area contributed by atoms with Gasteiger partial charge in [-0.05, 0) is 50.3 Å². The van der Waals surface area contributed by atoms with Crippen LogP contribution in [0.2, 0.25) is 0 Å². The van der Waals surface area contributed by atoms with Gasteiger partial charge in [-0.1, -0.05) is 36.6 Å². The zero-order chi connectivity index (χ0) is 13.5. The number of benzene rings is 1. The lowest BCUT2D eigenvalue weighted by Crippen LogP contribution is -2.07. The van der Waals surface area contributed by atoms with Gasteiger partial charge >= 0.3 is 0 Å². The molecule has 0 fully saturated rings. The highest BCUT2D eigenvalue weighted by Gasteiger charge is 2.11. The number of Topliss-reactive ketones (excluding diaryl/α,β-unsaturated/α-hetero) is 1. The molecule has 19 heavy (non-hydrogen) atoms. The Labute approximate surface area is 120 Å². The molecular formula is C17H22OS. The molecule has 0 aromatic heterocycles. The lowest BCUT2D eigenvalue weighted by atomic mass is 9.98. The summed E-state index contributed by atoms with van der Waals surface area (Å²) in [6, 6.07) is 8.36. The zero-order valence-corrected chi connectivity index (χ0v) is 12.5. The fourth-order valence-corrected chi connectivity index (χ4v) is 3.32. The van der Waals surface area contributed by atoms with Gasteiger partial charge < -0.3 is 0 Å². The van der Waals surface area contributed by atoms with Gasteiger partial charge in [-0.3, -0.25) is 4.79 Å². The van der Waals surface area contributed by atoms with E-state index in [1.165, 1.54) is 36.1 Å². The van der Waals surface area contributed by atoms with E-state index in [4.69, 9.17) is 0 Å². The first-order valence-corrected chi connectivity index (χ1v) is 8.16. The molecular weight excluding hydrogens is 252 g/mol. The largest absolute Gasteiger partial charge is 0.294 e. The lowest BCUT2D eigenvalue weighted by molar-refractivity contribution is -0.113. The molecule has 0 saturated heterocycles. The van der Waals surface area contributed by atoms with Crippen LogP contribution in [-0.4, -0.2) is 11.5 Å². The van der Waals surface area contributed by atoms with Gasteiger partial charge in [0.1, 0.15) is 0 Å². The fraction of sp³-hybridized carbons (Fsp3) is 0.471. The first kappa shape index (κ1) is 14.4. The van der Waals surface area contributed by atoms with Crippen LogP contribution in [0.15, 0.2) is 40.8 Å². The summed E-state index contributed by atoms with van der Waals surface area (Å²) in [6.07, 6.45) is 9.24. The van der Waals surface area contributed by atoms with Crippen molar-refractivity contribution < 1.29 is 4.79 Å². The summed E-state index contributed by atoms with van der Waals surface area (Å²) in [5.74, 6) is 0.906. The minimum Gasteiger partial charge on any atom is -0.294 e. The number of aryl methyl sites for hydroxylation is 1. The van der Waals surface area contributed by atoms with Gasteiger partial charge in [-0.2, -0.15) is 0 Å². The minimum atomic E-state index is 0.327. The van der Waals surface area contributed by atoms with E-state index in [1.54, 1.807) is 11.8 Å². The van der Waals surface area contributed by atoms with Crippen molar-refractivity contribution in [2.45, 2.75) is 50.3 Å². The molecule has 1 aliphatic rings. The Morgan fingerprint density at radius 1 is 1.21 bits per heavy atom. The van der Waals surface area contributed by atoms with E-state index in [-0.39, 0.29) is 0 Å². The maximum Gasteiger partial charge on any atom is 0.168 e. The number of ketones is 1. The molecule has 1 aliphatic carbocycles. The second-order valence-electron chi connectivity index (χ2n) is 5.21. The van der Waals surface area contributed by atoms with Crippen LogP contribution in [0.5, 0.6) is 0 Å². The third-order valence-electron chi connectivity index (χ3n) is 3.51. The van der Waals surface area contributed by atoms with Crippen LogP contribution in [0, 0.1) is 6.92 Å². The average molecular weight is 274 g/mol. The van der Waals surface area contributed by atoms with E-state index in [0.29, 0.717) is 11.5 Å². The Morgan fingerprint density at radius 3 is 2.89 bits per heavy atom. The van der Waals surface area contributed by atoms with Crippen LogP contribution < -0.4 is 0 Å². The number of hydrogen-bond acceptors (Lipinski definition) is 2. The Kier molecular flexibility index (Phi) is 5.71. The molecule has 0 saturated carbocycles. The van der Waals surface area contributed by atoms with E-state index in [1.807, 2.05) is 0 Å². The first-order chi connectivity index (χ1) is 9.25. The molecule has 0 bridgehead atoms. The van der Waals surface area contributed by atoms with Crippen LogP contribution in [0.4, 0.5) is 0 Å². The maximum absolute atomic E-state index is 12.2. The predicted octanol–water partition coefficient (Wildman–Crippen LogP) is 4.94. The molecule has 0 heterocycles. The molecule has 2 heteroatoms. The van der Waals surface area contributed by atoms with E-state index in [9.17, 15) is 4.79 Å². The van der Waals surface area contributed by atoms with E-state index in [2.05, 4.69) is 37.3 Å². The minimum absolute atomic E-state index is 0.327. The molecule has 0 unspecified atom stereocenters. The van der Waals surface area contributed by atoms with Crippen LogP contribution in [0.3, 0.4) is 0 Å². The summed E-state index contributed by atoms with van der Waals surface area (Å²) < 4.78 is 0. The molecule has 0 amide bonds. The SMILES string of the molecule is Cc1cccc(SCC(=O)/C2=C/CCCCCC2)c1. The molecule has 2 rings (SSSR count). The highest BCUT2D eigenvalue weighted by molar-refractivity contribution is 8.00. The van der Waals surface area contributed by atoms with Crippen molar-refractivity contribution in [1.82, 2.24) is 0 Å². The number of allylic oxidation sites excluding steroid dienone is 2. The summed E-state index contributed by atoms with van der Waals surface area (Å²) in [6.45, 7) is 2.09. The van der Waals surface area contributed by atoms with E-state index in [0.717, 1.165) is 18.4 Å². The fourth-order valence-electron chi connectivity index (χ4n) is 2.39. The number of rotatable bonds is 4. The number of hydrogen-bond donors (Lipinski definition) is 0. The molecule has 1 nitrogen and oxygen atoms in total. The quantitative estimate of drug-likeness (QED) is 0.724. The number of carbonyl (C=O) groups is 1. The van der Waals surface area contributed by atoms with Gasteiger partial charge in [-0.25, -0.2) is 0 Å². The summed E-state index contributed by atoms with van der Waals surface area (Å²) >= 11 is 1.66. The van der Waals surface area contributed by atoms with Gasteiger partial charge in [0, 0.05) is 4.90 Å². The molecule has 1 aromatic rings. The highest BCUT2D eigenvalue weighted by Crippen LogP contribution is 2.23. The lowest BCUT2D eigenvalue weighted by Gasteiger charge is -2.10. The Balaban J connectivity index is 1.89. The normalized spacial score (nSPS) is 19.1. The van der Waals surface area contributed by atoms with Crippen molar-refractivity contribution >= 4 is 17.5 Å². The maximum atomic E-state index is 12.2. The van der Waals surface area contributed by atoms with Crippen LogP contribution in [0.1, 0.15) is 44.1 Å². The van der Waals surface area contributed by atoms with Crippen LogP contribution >= 0.6 is 11.8 Å². The topological polar surface area (TPSA) is 17.1 Å². The second-order valence-corrected chi connectivity index (χ2v) is 6.26. The molecule has 102 valence electrons. The molecule has 0 atom stereocenters. The standard InChI is InChI=1S/C17H22OS/c1-14-8-7-11-16(12-14)19-13-17(18)15-9-5-3-2-4-6-10-15/h7-9,11-12H,2-6,10,13H2,1H3/b15-9+. The summed E-state index contributed by atoms with van der Waals surface area (Å²) in [5, 5.41) is 0. The third kappa shape index (κ3) is 4.87. The monoisotopic (exact) mass is 274 g/mol. The molecule has 1 aromatic carbocycles. The Morgan fingerprint density at radius 2 is 2.05 bits per heavy atom. The van der Waals surface area contributed by atoms with Gasteiger partial charge in [0.25, 0.3) is 0 Å². The van der Waals surface area contributed by atoms with Crippen molar-refractivity contribution in [3.8, 4) is 0 Å². The number of carbonyl (C=O) groups excluding carboxylic acids is 1.